The van der Waals surface area contributed by atoms with E-state index in [-0.39, 0.29) is 23.8 Å². The number of likely N-dealkylation sites (tertiary alicyclic amines) is 1. The number of carbonyl (C=O) groups is 2. The predicted octanol–water partition coefficient (Wildman–Crippen LogP) is 2.97. The van der Waals surface area contributed by atoms with E-state index in [1.165, 1.54) is 0 Å². The van der Waals surface area contributed by atoms with Gasteiger partial charge in [-0.05, 0) is 55.2 Å². The minimum atomic E-state index is -0.0964. The number of piperidine rings is 1. The fourth-order valence-electron chi connectivity index (χ4n) is 4.50. The van der Waals surface area contributed by atoms with Crippen molar-refractivity contribution in [3.63, 3.8) is 0 Å². The average molecular weight is 437 g/mol. The maximum absolute atomic E-state index is 12.7. The lowest BCUT2D eigenvalue weighted by atomic mass is 9.75. The average Bonchev–Trinajstić information content (AvgIpc) is 3.33. The molecule has 7 heteroatoms. The standard InChI is InChI=1S/C25H32N4O3/c30-23-19-32-22-9-2-1-7-21(22)8-3-4-11-25(20-26-23)12-17-28(18-13-25)24(31)10-5-15-29-16-6-14-27-29/h1-4,6-7,9,14,16H,5,8,10-13,15,17-20H2,(H,26,30)/b4-3+. The van der Waals surface area contributed by atoms with Crippen LogP contribution in [0.3, 0.4) is 0 Å². The molecule has 2 aliphatic heterocycles. The summed E-state index contributed by atoms with van der Waals surface area (Å²) >= 11 is 0. The number of nitrogens with zero attached hydrogens (tertiary/aromatic N) is 3. The van der Waals surface area contributed by atoms with Crippen molar-refractivity contribution < 1.29 is 14.3 Å². The van der Waals surface area contributed by atoms with Crippen LogP contribution in [0.5, 0.6) is 5.75 Å². The molecular weight excluding hydrogens is 404 g/mol. The van der Waals surface area contributed by atoms with Crippen LogP contribution in [0.25, 0.3) is 0 Å². The van der Waals surface area contributed by atoms with Crippen LogP contribution in [-0.2, 0) is 22.6 Å². The number of ether oxygens (including phenoxy) is 1. The summed E-state index contributed by atoms with van der Waals surface area (Å²) in [4.78, 5) is 27.0. The number of allylic oxidation sites excluding steroid dienone is 2. The molecule has 2 amide bonds. The van der Waals surface area contributed by atoms with E-state index in [0.29, 0.717) is 13.0 Å². The van der Waals surface area contributed by atoms with Gasteiger partial charge in [-0.25, -0.2) is 0 Å². The second-order valence-electron chi connectivity index (χ2n) is 8.81. The molecule has 0 saturated carbocycles. The Morgan fingerprint density at radius 2 is 2.00 bits per heavy atom. The number of amides is 2. The summed E-state index contributed by atoms with van der Waals surface area (Å²) in [6, 6.07) is 9.76. The molecule has 1 aromatic carbocycles. The van der Waals surface area contributed by atoms with Gasteiger partial charge in [0, 0.05) is 45.0 Å². The van der Waals surface area contributed by atoms with Gasteiger partial charge in [0.2, 0.25) is 5.91 Å². The normalized spacial score (nSPS) is 19.8. The van der Waals surface area contributed by atoms with Gasteiger partial charge in [0.1, 0.15) is 5.75 Å². The van der Waals surface area contributed by atoms with Gasteiger partial charge in [0.05, 0.1) is 0 Å². The van der Waals surface area contributed by atoms with Crippen molar-refractivity contribution in [2.24, 2.45) is 5.41 Å². The number of carbonyl (C=O) groups excluding carboxylic acids is 2. The first-order valence-corrected chi connectivity index (χ1v) is 11.5. The van der Waals surface area contributed by atoms with Crippen molar-refractivity contribution in [3.8, 4) is 5.75 Å². The van der Waals surface area contributed by atoms with Crippen molar-refractivity contribution in [2.75, 3.05) is 26.2 Å². The molecule has 3 heterocycles. The number of benzene rings is 1. The van der Waals surface area contributed by atoms with E-state index < -0.39 is 0 Å². The molecule has 1 N–H and O–H groups in total. The second-order valence-corrected chi connectivity index (χ2v) is 8.81. The number of hydrogen-bond donors (Lipinski definition) is 1. The molecule has 1 saturated heterocycles. The molecule has 0 aliphatic carbocycles. The highest BCUT2D eigenvalue weighted by Crippen LogP contribution is 2.35. The highest BCUT2D eigenvalue weighted by molar-refractivity contribution is 5.77. The minimum Gasteiger partial charge on any atom is -0.483 e. The third kappa shape index (κ3) is 5.78. The van der Waals surface area contributed by atoms with Crippen LogP contribution in [-0.4, -0.2) is 52.7 Å². The summed E-state index contributed by atoms with van der Waals surface area (Å²) in [6.07, 6.45) is 12.9. The van der Waals surface area contributed by atoms with Gasteiger partial charge in [-0.1, -0.05) is 30.4 Å². The van der Waals surface area contributed by atoms with E-state index >= 15 is 0 Å². The third-order valence-electron chi connectivity index (χ3n) is 6.56. The molecule has 0 unspecified atom stereocenters. The van der Waals surface area contributed by atoms with Crippen molar-refractivity contribution in [2.45, 2.75) is 45.1 Å². The van der Waals surface area contributed by atoms with Crippen molar-refractivity contribution in [3.05, 3.63) is 60.4 Å². The summed E-state index contributed by atoms with van der Waals surface area (Å²) in [7, 11) is 0. The SMILES string of the molecule is O=C1COc2ccccc2C/C=C/CC2(CCN(C(=O)CCCn3cccn3)CC2)CN1. The van der Waals surface area contributed by atoms with Gasteiger partial charge in [-0.2, -0.15) is 5.10 Å². The predicted molar refractivity (Wildman–Crippen MR) is 122 cm³/mol. The Morgan fingerprint density at radius 1 is 1.16 bits per heavy atom. The first-order valence-electron chi connectivity index (χ1n) is 11.5. The van der Waals surface area contributed by atoms with Gasteiger partial charge < -0.3 is 15.0 Å². The molecule has 0 atom stereocenters. The molecule has 1 fully saturated rings. The van der Waals surface area contributed by atoms with Crippen LogP contribution >= 0.6 is 0 Å². The summed E-state index contributed by atoms with van der Waals surface area (Å²) < 4.78 is 7.62. The van der Waals surface area contributed by atoms with Crippen molar-refractivity contribution in [1.29, 1.82) is 0 Å². The zero-order valence-corrected chi connectivity index (χ0v) is 18.5. The van der Waals surface area contributed by atoms with E-state index in [9.17, 15) is 9.59 Å². The molecule has 170 valence electrons. The topological polar surface area (TPSA) is 76.5 Å². The van der Waals surface area contributed by atoms with Crippen molar-refractivity contribution >= 4 is 11.8 Å². The molecule has 7 nitrogen and oxygen atoms in total. The Kier molecular flexibility index (Phi) is 7.24. The fraction of sp³-hybridized carbons (Fsp3) is 0.480. The van der Waals surface area contributed by atoms with Crippen LogP contribution in [0.1, 0.15) is 37.7 Å². The summed E-state index contributed by atoms with van der Waals surface area (Å²) in [5, 5.41) is 7.26. The lowest BCUT2D eigenvalue weighted by Gasteiger charge is -2.41. The van der Waals surface area contributed by atoms with E-state index in [1.807, 2.05) is 46.1 Å². The number of aryl methyl sites for hydroxylation is 1. The Morgan fingerprint density at radius 3 is 2.81 bits per heavy atom. The Balaban J connectivity index is 1.33. The zero-order chi connectivity index (χ0) is 22.2. The summed E-state index contributed by atoms with van der Waals surface area (Å²) in [5.41, 5.74) is 1.07. The quantitative estimate of drug-likeness (QED) is 0.748. The molecule has 4 rings (SSSR count). The number of aromatic nitrogens is 2. The van der Waals surface area contributed by atoms with Gasteiger partial charge in [-0.3, -0.25) is 14.3 Å². The first-order chi connectivity index (χ1) is 15.6. The summed E-state index contributed by atoms with van der Waals surface area (Å²) in [5.74, 6) is 0.882. The Bertz CT molecular complexity index is 930. The molecule has 2 aromatic rings. The maximum Gasteiger partial charge on any atom is 0.257 e. The first kappa shape index (κ1) is 22.1. The smallest absolute Gasteiger partial charge is 0.257 e. The second kappa shape index (κ2) is 10.5. The monoisotopic (exact) mass is 436 g/mol. The van der Waals surface area contributed by atoms with Gasteiger partial charge in [0.25, 0.3) is 5.91 Å². The Hall–Kier alpha value is -3.09. The molecule has 0 bridgehead atoms. The molecule has 32 heavy (non-hydrogen) atoms. The summed E-state index contributed by atoms with van der Waals surface area (Å²) in [6.45, 7) is 2.88. The molecular formula is C25H32N4O3. The number of para-hydroxylation sites is 1. The molecule has 2 aliphatic rings. The van der Waals surface area contributed by atoms with Crippen LogP contribution < -0.4 is 10.1 Å². The number of fused-ring (bicyclic) bond motifs is 1. The lowest BCUT2D eigenvalue weighted by molar-refractivity contribution is -0.134. The molecule has 1 spiro atoms. The van der Waals surface area contributed by atoms with E-state index in [4.69, 9.17) is 4.74 Å². The number of rotatable bonds is 4. The lowest BCUT2D eigenvalue weighted by Crippen LogP contribution is -2.48. The van der Waals surface area contributed by atoms with Gasteiger partial charge in [-0.15, -0.1) is 0 Å². The largest absolute Gasteiger partial charge is 0.483 e. The Labute approximate surface area is 189 Å². The minimum absolute atomic E-state index is 0.0171. The number of hydrogen-bond acceptors (Lipinski definition) is 4. The number of nitrogens with one attached hydrogen (secondary N) is 1. The van der Waals surface area contributed by atoms with Crippen LogP contribution in [0.4, 0.5) is 0 Å². The van der Waals surface area contributed by atoms with E-state index in [1.54, 1.807) is 6.20 Å². The molecule has 1 aromatic heterocycles. The van der Waals surface area contributed by atoms with Crippen LogP contribution in [0, 0.1) is 5.41 Å². The van der Waals surface area contributed by atoms with Crippen LogP contribution in [0.15, 0.2) is 54.9 Å². The van der Waals surface area contributed by atoms with Gasteiger partial charge in [0.15, 0.2) is 6.61 Å². The zero-order valence-electron chi connectivity index (χ0n) is 18.5. The third-order valence-corrected chi connectivity index (χ3v) is 6.56. The van der Waals surface area contributed by atoms with Crippen molar-refractivity contribution in [1.82, 2.24) is 20.0 Å². The van der Waals surface area contributed by atoms with Gasteiger partial charge >= 0.3 is 0 Å². The van der Waals surface area contributed by atoms with Crippen LogP contribution in [0.2, 0.25) is 0 Å². The van der Waals surface area contributed by atoms with E-state index in [2.05, 4.69) is 22.6 Å². The molecule has 0 radical (unpaired) electrons. The van der Waals surface area contributed by atoms with E-state index in [0.717, 1.165) is 63.1 Å². The fourth-order valence-corrected chi connectivity index (χ4v) is 4.50. The highest BCUT2D eigenvalue weighted by atomic mass is 16.5. The highest BCUT2D eigenvalue weighted by Gasteiger charge is 2.35. The maximum atomic E-state index is 12.7.